The molecule has 29 heavy (non-hydrogen) atoms. The van der Waals surface area contributed by atoms with E-state index in [0.717, 1.165) is 30.7 Å². The van der Waals surface area contributed by atoms with Crippen molar-refractivity contribution in [3.63, 3.8) is 0 Å². The molecule has 0 spiro atoms. The second kappa shape index (κ2) is 9.78. The predicted molar refractivity (Wildman–Crippen MR) is 111 cm³/mol. The van der Waals surface area contributed by atoms with Crippen molar-refractivity contribution in [1.29, 1.82) is 0 Å². The maximum atomic E-state index is 12.7. The number of aromatic nitrogens is 3. The summed E-state index contributed by atoms with van der Waals surface area (Å²) in [7, 11) is 1.62. The monoisotopic (exact) mass is 417 g/mol. The van der Waals surface area contributed by atoms with Crippen LogP contribution in [-0.2, 0) is 9.59 Å². The van der Waals surface area contributed by atoms with Crippen molar-refractivity contribution in [2.45, 2.75) is 49.7 Å². The number of carbonyl (C=O) groups is 2. The highest BCUT2D eigenvalue weighted by molar-refractivity contribution is 7.99. The zero-order chi connectivity index (χ0) is 20.7. The van der Waals surface area contributed by atoms with Gasteiger partial charge in [-0.3, -0.25) is 14.2 Å². The van der Waals surface area contributed by atoms with Crippen molar-refractivity contribution in [1.82, 2.24) is 25.4 Å². The van der Waals surface area contributed by atoms with Crippen molar-refractivity contribution in [3.05, 3.63) is 30.6 Å². The molecule has 0 atom stereocenters. The SMILES string of the molecule is CCNC(=O)C1(NC(=O)CSc2nncn2-c2ccc(OC)cc2)CCCCC1. The maximum absolute atomic E-state index is 12.7. The number of hydrogen-bond acceptors (Lipinski definition) is 6. The van der Waals surface area contributed by atoms with Crippen LogP contribution in [0.25, 0.3) is 5.69 Å². The molecular formula is C20H27N5O3S. The highest BCUT2D eigenvalue weighted by Crippen LogP contribution is 2.29. The van der Waals surface area contributed by atoms with E-state index in [1.54, 1.807) is 13.4 Å². The summed E-state index contributed by atoms with van der Waals surface area (Å²) in [5.74, 6) is 0.668. The molecule has 8 nitrogen and oxygen atoms in total. The second-order valence-corrected chi connectivity index (χ2v) is 7.96. The van der Waals surface area contributed by atoms with Gasteiger partial charge in [-0.25, -0.2) is 0 Å². The molecule has 156 valence electrons. The Balaban J connectivity index is 1.64. The van der Waals surface area contributed by atoms with E-state index in [1.807, 2.05) is 35.8 Å². The summed E-state index contributed by atoms with van der Waals surface area (Å²) in [5, 5.41) is 14.6. The van der Waals surface area contributed by atoms with E-state index in [4.69, 9.17) is 4.74 Å². The molecule has 0 unspecified atom stereocenters. The molecule has 2 aromatic rings. The fourth-order valence-corrected chi connectivity index (χ4v) is 4.30. The Morgan fingerprint density at radius 2 is 1.93 bits per heavy atom. The van der Waals surface area contributed by atoms with Crippen LogP contribution in [0.1, 0.15) is 39.0 Å². The third kappa shape index (κ3) is 5.09. The van der Waals surface area contributed by atoms with Crippen molar-refractivity contribution in [2.24, 2.45) is 0 Å². The number of benzene rings is 1. The van der Waals surface area contributed by atoms with Gasteiger partial charge < -0.3 is 15.4 Å². The molecule has 3 rings (SSSR count). The maximum Gasteiger partial charge on any atom is 0.245 e. The van der Waals surface area contributed by atoms with E-state index < -0.39 is 5.54 Å². The lowest BCUT2D eigenvalue weighted by Gasteiger charge is -2.36. The van der Waals surface area contributed by atoms with Crippen LogP contribution in [0.5, 0.6) is 5.75 Å². The van der Waals surface area contributed by atoms with Gasteiger partial charge in [0.05, 0.1) is 12.9 Å². The van der Waals surface area contributed by atoms with Gasteiger partial charge in [0.25, 0.3) is 0 Å². The van der Waals surface area contributed by atoms with Crippen molar-refractivity contribution < 1.29 is 14.3 Å². The minimum atomic E-state index is -0.796. The van der Waals surface area contributed by atoms with Gasteiger partial charge in [-0.15, -0.1) is 10.2 Å². The van der Waals surface area contributed by atoms with Gasteiger partial charge in [-0.05, 0) is 44.0 Å². The molecule has 0 bridgehead atoms. The Morgan fingerprint density at radius 3 is 2.59 bits per heavy atom. The number of carbonyl (C=O) groups excluding carboxylic acids is 2. The topological polar surface area (TPSA) is 98.1 Å². The normalized spacial score (nSPS) is 15.5. The Bertz CT molecular complexity index is 831. The molecule has 1 aromatic heterocycles. The van der Waals surface area contributed by atoms with Gasteiger partial charge >= 0.3 is 0 Å². The molecular weight excluding hydrogens is 390 g/mol. The third-order valence-corrected chi connectivity index (χ3v) is 6.00. The molecule has 2 N–H and O–H groups in total. The Labute approximate surface area is 174 Å². The second-order valence-electron chi connectivity index (χ2n) is 7.02. The first-order valence-corrected chi connectivity index (χ1v) is 10.8. The molecule has 2 amide bonds. The average molecular weight is 418 g/mol. The first-order valence-electron chi connectivity index (χ1n) is 9.84. The number of thioether (sulfide) groups is 1. The summed E-state index contributed by atoms with van der Waals surface area (Å²) in [6.45, 7) is 2.44. The minimum Gasteiger partial charge on any atom is -0.497 e. The number of ether oxygens (including phenoxy) is 1. The highest BCUT2D eigenvalue weighted by atomic mass is 32.2. The summed E-state index contributed by atoms with van der Waals surface area (Å²) < 4.78 is 7.00. The molecule has 1 heterocycles. The number of hydrogen-bond donors (Lipinski definition) is 2. The quantitative estimate of drug-likeness (QED) is 0.640. The molecule has 1 fully saturated rings. The van der Waals surface area contributed by atoms with E-state index in [9.17, 15) is 9.59 Å². The van der Waals surface area contributed by atoms with Crippen LogP contribution in [0, 0.1) is 0 Å². The van der Waals surface area contributed by atoms with Crippen molar-refractivity contribution in [3.8, 4) is 11.4 Å². The number of nitrogens with one attached hydrogen (secondary N) is 2. The smallest absolute Gasteiger partial charge is 0.245 e. The largest absolute Gasteiger partial charge is 0.497 e. The summed E-state index contributed by atoms with van der Waals surface area (Å²) in [5.41, 5.74) is 0.0834. The first-order chi connectivity index (χ1) is 14.1. The summed E-state index contributed by atoms with van der Waals surface area (Å²) in [4.78, 5) is 25.3. The lowest BCUT2D eigenvalue weighted by Crippen LogP contribution is -2.60. The number of methoxy groups -OCH3 is 1. The molecule has 1 saturated carbocycles. The number of likely N-dealkylation sites (N-methyl/N-ethyl adjacent to an activating group) is 1. The zero-order valence-corrected chi connectivity index (χ0v) is 17.6. The summed E-state index contributed by atoms with van der Waals surface area (Å²) in [6.07, 6.45) is 5.94. The van der Waals surface area contributed by atoms with Crippen LogP contribution in [0.15, 0.2) is 35.7 Å². The molecule has 0 radical (unpaired) electrons. The Morgan fingerprint density at radius 1 is 1.21 bits per heavy atom. The standard InChI is InChI=1S/C20H27N5O3S/c1-3-21-18(27)20(11-5-4-6-12-20)23-17(26)13-29-19-24-22-14-25(19)15-7-9-16(28-2)10-8-15/h7-10,14H,3-6,11-13H2,1-2H3,(H,21,27)(H,23,26). The van der Waals surface area contributed by atoms with E-state index >= 15 is 0 Å². The minimum absolute atomic E-state index is 0.0838. The Kier molecular flexibility index (Phi) is 7.13. The average Bonchev–Trinajstić information content (AvgIpc) is 3.22. The number of amides is 2. The summed E-state index contributed by atoms with van der Waals surface area (Å²) in [6, 6.07) is 7.52. The van der Waals surface area contributed by atoms with Gasteiger partial charge in [-0.2, -0.15) is 0 Å². The summed E-state index contributed by atoms with van der Waals surface area (Å²) >= 11 is 1.29. The Hall–Kier alpha value is -2.55. The van der Waals surface area contributed by atoms with E-state index in [2.05, 4.69) is 20.8 Å². The van der Waals surface area contributed by atoms with E-state index in [0.29, 0.717) is 24.5 Å². The zero-order valence-electron chi connectivity index (χ0n) is 16.8. The molecule has 1 aromatic carbocycles. The highest BCUT2D eigenvalue weighted by Gasteiger charge is 2.40. The van der Waals surface area contributed by atoms with Gasteiger partial charge in [0.15, 0.2) is 5.16 Å². The third-order valence-electron chi connectivity index (χ3n) is 5.06. The number of rotatable bonds is 8. The van der Waals surface area contributed by atoms with Crippen LogP contribution < -0.4 is 15.4 Å². The molecule has 1 aliphatic rings. The van der Waals surface area contributed by atoms with Gasteiger partial charge in [0.1, 0.15) is 17.6 Å². The fourth-order valence-electron chi connectivity index (χ4n) is 3.57. The van der Waals surface area contributed by atoms with Crippen LogP contribution in [0.2, 0.25) is 0 Å². The fraction of sp³-hybridized carbons (Fsp3) is 0.500. The molecule has 0 saturated heterocycles. The van der Waals surface area contributed by atoms with Crippen molar-refractivity contribution in [2.75, 3.05) is 19.4 Å². The van der Waals surface area contributed by atoms with E-state index in [1.165, 1.54) is 11.8 Å². The molecule has 1 aliphatic carbocycles. The first kappa shape index (κ1) is 21.2. The van der Waals surface area contributed by atoms with Crippen LogP contribution in [0.3, 0.4) is 0 Å². The van der Waals surface area contributed by atoms with E-state index in [-0.39, 0.29) is 17.6 Å². The molecule has 9 heteroatoms. The molecule has 0 aliphatic heterocycles. The van der Waals surface area contributed by atoms with Crippen molar-refractivity contribution >= 4 is 23.6 Å². The lowest BCUT2D eigenvalue weighted by atomic mass is 9.80. The number of nitrogens with zero attached hydrogens (tertiary/aromatic N) is 3. The van der Waals surface area contributed by atoms with Gasteiger partial charge in [0.2, 0.25) is 11.8 Å². The van der Waals surface area contributed by atoms with Gasteiger partial charge in [-0.1, -0.05) is 31.0 Å². The van der Waals surface area contributed by atoms with Crippen LogP contribution >= 0.6 is 11.8 Å². The van der Waals surface area contributed by atoms with Gasteiger partial charge in [0, 0.05) is 12.2 Å². The van der Waals surface area contributed by atoms with Crippen LogP contribution in [-0.4, -0.2) is 51.5 Å². The predicted octanol–water partition coefficient (Wildman–Crippen LogP) is 2.32. The van der Waals surface area contributed by atoms with Crippen LogP contribution in [0.4, 0.5) is 0 Å². The lowest BCUT2D eigenvalue weighted by molar-refractivity contribution is -0.134.